The third-order valence-corrected chi connectivity index (χ3v) is 5.16. The summed E-state index contributed by atoms with van der Waals surface area (Å²) in [7, 11) is 0. The van der Waals surface area contributed by atoms with Gasteiger partial charge in [-0.25, -0.2) is 9.10 Å². The molecule has 1 aliphatic rings. The molecule has 7 heteroatoms. The van der Waals surface area contributed by atoms with E-state index in [2.05, 4.69) is 29.9 Å². The van der Waals surface area contributed by atoms with E-state index in [1.54, 1.807) is 24.3 Å². The quantitative estimate of drug-likeness (QED) is 0.396. The highest BCUT2D eigenvalue weighted by molar-refractivity contribution is 7.82. The van der Waals surface area contributed by atoms with Gasteiger partial charge >= 0.3 is 6.03 Å². The smallest absolute Gasteiger partial charge is 0.329 e. The first-order valence-corrected chi connectivity index (χ1v) is 9.30. The number of primary amides is 1. The van der Waals surface area contributed by atoms with E-state index in [0.29, 0.717) is 29.1 Å². The fraction of sp³-hybridized carbons (Fsp3) is 0.143. The highest BCUT2D eigenvalue weighted by Crippen LogP contribution is 2.32. The molecule has 142 valence electrons. The Kier molecular flexibility index (Phi) is 4.83. The van der Waals surface area contributed by atoms with Gasteiger partial charge in [-0.1, -0.05) is 43.2 Å². The van der Waals surface area contributed by atoms with E-state index >= 15 is 0 Å². The molecule has 0 saturated heterocycles. The number of nitrogens with zero attached hydrogens (tertiary/aromatic N) is 2. The number of hydrogen-bond donors (Lipinski definition) is 2. The number of benzene rings is 2. The lowest BCUT2D eigenvalue weighted by molar-refractivity contribution is 0.101. The van der Waals surface area contributed by atoms with E-state index < -0.39 is 6.03 Å². The van der Waals surface area contributed by atoms with Crippen molar-refractivity contribution in [3.63, 3.8) is 0 Å². The zero-order valence-corrected chi connectivity index (χ0v) is 15.9. The number of carbonyl (C=O) groups is 2. The number of ketones is 1. The molecule has 0 saturated carbocycles. The van der Waals surface area contributed by atoms with Gasteiger partial charge in [0.15, 0.2) is 5.76 Å². The van der Waals surface area contributed by atoms with Crippen LogP contribution in [0.25, 0.3) is 11.0 Å². The third kappa shape index (κ3) is 3.36. The Morgan fingerprint density at radius 3 is 2.64 bits per heavy atom. The Hall–Kier alpha value is -3.19. The summed E-state index contributed by atoms with van der Waals surface area (Å²) in [6.07, 6.45) is 5.04. The van der Waals surface area contributed by atoms with Crippen LogP contribution in [-0.2, 0) is 0 Å². The van der Waals surface area contributed by atoms with Crippen LogP contribution in [0.5, 0.6) is 0 Å². The van der Waals surface area contributed by atoms with Crippen molar-refractivity contribution >= 4 is 47.0 Å². The van der Waals surface area contributed by atoms with Gasteiger partial charge in [0.05, 0.1) is 11.4 Å². The Morgan fingerprint density at radius 1 is 1.11 bits per heavy atom. The van der Waals surface area contributed by atoms with Gasteiger partial charge in [0.25, 0.3) is 0 Å². The van der Waals surface area contributed by atoms with Crippen molar-refractivity contribution in [2.24, 2.45) is 5.73 Å². The molecule has 0 bridgehead atoms. The summed E-state index contributed by atoms with van der Waals surface area (Å²) in [5.74, 6) is 0.0671. The van der Waals surface area contributed by atoms with E-state index in [0.717, 1.165) is 22.7 Å². The molecule has 4 rings (SSSR count). The maximum atomic E-state index is 13.2. The van der Waals surface area contributed by atoms with Crippen LogP contribution in [0.4, 0.5) is 16.2 Å². The van der Waals surface area contributed by atoms with E-state index in [1.807, 2.05) is 24.3 Å². The number of anilines is 2. The number of nitrogens with two attached hydrogens (primary N) is 1. The fourth-order valence-corrected chi connectivity index (χ4v) is 3.44. The highest BCUT2D eigenvalue weighted by atomic mass is 32.1. The van der Waals surface area contributed by atoms with E-state index in [1.165, 1.54) is 0 Å². The average molecular weight is 393 g/mol. The van der Waals surface area contributed by atoms with Gasteiger partial charge in [-0.05, 0) is 36.8 Å². The summed E-state index contributed by atoms with van der Waals surface area (Å²) in [4.78, 5) is 26.8. The van der Waals surface area contributed by atoms with Crippen LogP contribution in [-0.4, -0.2) is 24.9 Å². The summed E-state index contributed by atoms with van der Waals surface area (Å²) < 4.78 is 6.82. The minimum atomic E-state index is -0.691. The van der Waals surface area contributed by atoms with Crippen molar-refractivity contribution in [3.05, 3.63) is 72.0 Å². The number of hydrogen-bond acceptors (Lipinski definition) is 5. The number of rotatable bonds is 4. The topological polar surface area (TPSA) is 79.8 Å². The molecule has 0 atom stereocenters. The van der Waals surface area contributed by atoms with Crippen molar-refractivity contribution in [2.45, 2.75) is 6.42 Å². The molecule has 6 nitrogen and oxygen atoms in total. The monoisotopic (exact) mass is 393 g/mol. The standard InChI is InChI=1S/C21H19N3O3S/c22-21(26)24(28)15-8-9-16(17(13-15)23-10-4-1-5-11-23)20(25)19-12-14-6-2-3-7-18(14)27-19/h1-4,6-9,12-13,28H,5,10-11H2,(H2,22,26). The Balaban J connectivity index is 1.78. The fourth-order valence-electron chi connectivity index (χ4n) is 3.32. The predicted octanol–water partition coefficient (Wildman–Crippen LogP) is 4.16. The van der Waals surface area contributed by atoms with E-state index in [4.69, 9.17) is 10.2 Å². The normalized spacial score (nSPS) is 13.7. The van der Waals surface area contributed by atoms with E-state index in [9.17, 15) is 9.59 Å². The van der Waals surface area contributed by atoms with Crippen molar-refractivity contribution in [1.82, 2.24) is 0 Å². The first-order chi connectivity index (χ1) is 13.5. The number of amides is 2. The maximum Gasteiger partial charge on any atom is 0.329 e. The van der Waals surface area contributed by atoms with Crippen molar-refractivity contribution < 1.29 is 14.0 Å². The number of furan rings is 1. The van der Waals surface area contributed by atoms with Crippen LogP contribution in [0.2, 0.25) is 0 Å². The van der Waals surface area contributed by atoms with Crippen molar-refractivity contribution in [3.8, 4) is 0 Å². The molecule has 0 aliphatic carbocycles. The van der Waals surface area contributed by atoms with Crippen LogP contribution >= 0.6 is 12.8 Å². The second-order valence-corrected chi connectivity index (χ2v) is 6.94. The van der Waals surface area contributed by atoms with Gasteiger partial charge in [-0.15, -0.1) is 0 Å². The molecule has 0 radical (unpaired) electrons. The van der Waals surface area contributed by atoms with Crippen LogP contribution < -0.4 is 14.9 Å². The molecule has 3 aromatic rings. The van der Waals surface area contributed by atoms with Gasteiger partial charge in [0.1, 0.15) is 5.58 Å². The molecule has 1 aliphatic heterocycles. The Bertz CT molecular complexity index is 1060. The van der Waals surface area contributed by atoms with Crippen molar-refractivity contribution in [2.75, 3.05) is 22.3 Å². The molecule has 28 heavy (non-hydrogen) atoms. The van der Waals surface area contributed by atoms with Crippen LogP contribution in [0.3, 0.4) is 0 Å². The average Bonchev–Trinajstić information content (AvgIpc) is 3.17. The SMILES string of the molecule is NC(=O)N(S)c1ccc(C(=O)c2cc3ccccc3o2)c(N2CC=CCC2)c1. The van der Waals surface area contributed by atoms with Crippen LogP contribution in [0.15, 0.2) is 65.1 Å². The second-order valence-electron chi connectivity index (χ2n) is 6.54. The Morgan fingerprint density at radius 2 is 1.93 bits per heavy atom. The zero-order valence-electron chi connectivity index (χ0n) is 15.0. The molecule has 2 heterocycles. The van der Waals surface area contributed by atoms with Gasteiger partial charge in [-0.2, -0.15) is 0 Å². The largest absolute Gasteiger partial charge is 0.453 e. The molecule has 0 spiro atoms. The maximum absolute atomic E-state index is 13.2. The molecule has 2 N–H and O–H groups in total. The molecular weight excluding hydrogens is 374 g/mol. The Labute approximate surface area is 167 Å². The minimum Gasteiger partial charge on any atom is -0.453 e. The van der Waals surface area contributed by atoms with E-state index in [-0.39, 0.29) is 11.5 Å². The molecule has 2 aromatic carbocycles. The second kappa shape index (κ2) is 7.44. The number of fused-ring (bicyclic) bond motifs is 1. The molecular formula is C21H19N3O3S. The van der Waals surface area contributed by atoms with Crippen LogP contribution in [0, 0.1) is 0 Å². The number of para-hydroxylation sites is 1. The third-order valence-electron chi connectivity index (χ3n) is 4.73. The summed E-state index contributed by atoms with van der Waals surface area (Å²) in [5.41, 5.74) is 7.72. The van der Waals surface area contributed by atoms with Gasteiger partial charge < -0.3 is 15.1 Å². The number of thiol groups is 1. The number of carbonyl (C=O) groups excluding carboxylic acids is 2. The zero-order chi connectivity index (χ0) is 19.7. The predicted molar refractivity (Wildman–Crippen MR) is 113 cm³/mol. The van der Waals surface area contributed by atoms with Crippen molar-refractivity contribution in [1.29, 1.82) is 0 Å². The summed E-state index contributed by atoms with van der Waals surface area (Å²) in [5, 5.41) is 0.875. The lowest BCUT2D eigenvalue weighted by atomic mass is 10.0. The van der Waals surface area contributed by atoms with Gasteiger partial charge in [0, 0.05) is 24.0 Å². The minimum absolute atomic E-state index is 0.211. The number of urea groups is 1. The summed E-state index contributed by atoms with van der Waals surface area (Å²) in [6, 6.07) is 13.7. The molecule has 2 amide bonds. The van der Waals surface area contributed by atoms with Crippen LogP contribution in [0.1, 0.15) is 22.5 Å². The van der Waals surface area contributed by atoms with Gasteiger partial charge in [0.2, 0.25) is 5.78 Å². The van der Waals surface area contributed by atoms with Gasteiger partial charge in [-0.3, -0.25) is 4.79 Å². The molecule has 0 fully saturated rings. The molecule has 0 unspecified atom stereocenters. The first kappa shape index (κ1) is 18.2. The lowest BCUT2D eigenvalue weighted by Crippen LogP contribution is -2.30. The first-order valence-electron chi connectivity index (χ1n) is 8.90. The summed E-state index contributed by atoms with van der Waals surface area (Å²) >= 11 is 4.14. The lowest BCUT2D eigenvalue weighted by Gasteiger charge is -2.28. The molecule has 1 aromatic heterocycles. The highest BCUT2D eigenvalue weighted by Gasteiger charge is 2.23. The summed E-state index contributed by atoms with van der Waals surface area (Å²) in [6.45, 7) is 1.44.